The molecule has 0 aromatic carbocycles. The van der Waals surface area contributed by atoms with Crippen LogP contribution in [-0.4, -0.2) is 34.5 Å². The molecule has 0 aromatic heterocycles. The molecule has 1 amide bonds. The molecular weight excluding hydrogens is 236 g/mol. The molecule has 2 rings (SSSR count). The minimum atomic E-state index is -0.0756. The summed E-state index contributed by atoms with van der Waals surface area (Å²) in [5.41, 5.74) is -0.145. The predicted molar refractivity (Wildman–Crippen MR) is 79.1 cm³/mol. The summed E-state index contributed by atoms with van der Waals surface area (Å²) in [6, 6.07) is 0.459. The Balaban J connectivity index is 2.21. The van der Waals surface area contributed by atoms with Crippen LogP contribution in [0.3, 0.4) is 0 Å². The first-order valence-corrected chi connectivity index (χ1v) is 7.89. The van der Waals surface area contributed by atoms with Gasteiger partial charge in [-0.2, -0.15) is 0 Å². The standard InChI is InChI=1S/C16H30N2O/c1-15(2)11-14(19)18(16(3,4)12-17-15)13-9-7-5-6-8-10-13/h13,17H,5-12H2,1-4H3. The van der Waals surface area contributed by atoms with E-state index >= 15 is 0 Å². The van der Waals surface area contributed by atoms with Gasteiger partial charge in [0.2, 0.25) is 5.91 Å². The summed E-state index contributed by atoms with van der Waals surface area (Å²) in [4.78, 5) is 15.0. The monoisotopic (exact) mass is 266 g/mol. The molecular formula is C16H30N2O. The van der Waals surface area contributed by atoms with Crippen LogP contribution in [0.5, 0.6) is 0 Å². The number of amides is 1. The smallest absolute Gasteiger partial charge is 0.225 e. The number of carbonyl (C=O) groups is 1. The lowest BCUT2D eigenvalue weighted by atomic mass is 9.96. The van der Waals surface area contributed by atoms with Gasteiger partial charge < -0.3 is 10.2 Å². The van der Waals surface area contributed by atoms with Crippen molar-refractivity contribution in [2.45, 2.75) is 89.8 Å². The summed E-state index contributed by atoms with van der Waals surface area (Å²) < 4.78 is 0. The Morgan fingerprint density at radius 3 is 2.21 bits per heavy atom. The molecule has 0 aromatic rings. The van der Waals surface area contributed by atoms with Crippen molar-refractivity contribution in [3.63, 3.8) is 0 Å². The van der Waals surface area contributed by atoms with Crippen LogP contribution in [-0.2, 0) is 4.79 Å². The summed E-state index contributed by atoms with van der Waals surface area (Å²) in [5.74, 6) is 0.340. The van der Waals surface area contributed by atoms with Gasteiger partial charge in [-0.3, -0.25) is 4.79 Å². The second-order valence-corrected chi connectivity index (χ2v) is 7.64. The van der Waals surface area contributed by atoms with Crippen LogP contribution in [0.15, 0.2) is 0 Å². The van der Waals surface area contributed by atoms with Crippen LogP contribution >= 0.6 is 0 Å². The maximum absolute atomic E-state index is 12.7. The topological polar surface area (TPSA) is 32.3 Å². The molecule has 1 saturated carbocycles. The van der Waals surface area contributed by atoms with E-state index in [1.807, 2.05) is 0 Å². The van der Waals surface area contributed by atoms with E-state index in [0.717, 1.165) is 6.54 Å². The molecule has 1 saturated heterocycles. The van der Waals surface area contributed by atoms with Gasteiger partial charge in [0.1, 0.15) is 0 Å². The average Bonchev–Trinajstić information content (AvgIpc) is 2.57. The molecule has 0 unspecified atom stereocenters. The highest BCUT2D eigenvalue weighted by atomic mass is 16.2. The Kier molecular flexibility index (Phi) is 4.24. The summed E-state index contributed by atoms with van der Waals surface area (Å²) in [6.07, 6.45) is 8.23. The van der Waals surface area contributed by atoms with Crippen molar-refractivity contribution in [2.24, 2.45) is 0 Å². The van der Waals surface area contributed by atoms with E-state index < -0.39 is 0 Å². The molecule has 0 atom stereocenters. The largest absolute Gasteiger partial charge is 0.333 e. The molecule has 110 valence electrons. The lowest BCUT2D eigenvalue weighted by Crippen LogP contribution is -2.55. The van der Waals surface area contributed by atoms with Gasteiger partial charge in [-0.05, 0) is 40.5 Å². The summed E-state index contributed by atoms with van der Waals surface area (Å²) in [7, 11) is 0. The summed E-state index contributed by atoms with van der Waals surface area (Å²) in [6.45, 7) is 9.59. The molecule has 3 heteroatoms. The SMILES string of the molecule is CC1(C)CC(=O)N(C2CCCCCC2)C(C)(C)CN1. The number of carbonyl (C=O) groups excluding carboxylic acids is 1. The number of nitrogens with zero attached hydrogens (tertiary/aromatic N) is 1. The van der Waals surface area contributed by atoms with Gasteiger partial charge in [0.15, 0.2) is 0 Å². The van der Waals surface area contributed by atoms with Gasteiger partial charge >= 0.3 is 0 Å². The first-order chi connectivity index (χ1) is 8.82. The van der Waals surface area contributed by atoms with E-state index in [1.54, 1.807) is 0 Å². The Morgan fingerprint density at radius 2 is 1.63 bits per heavy atom. The zero-order valence-corrected chi connectivity index (χ0v) is 13.1. The highest BCUT2D eigenvalue weighted by Crippen LogP contribution is 2.31. The van der Waals surface area contributed by atoms with Crippen LogP contribution in [0, 0.1) is 0 Å². The van der Waals surface area contributed by atoms with Gasteiger partial charge in [0.05, 0.1) is 0 Å². The number of rotatable bonds is 1. The quantitative estimate of drug-likeness (QED) is 0.740. The second kappa shape index (κ2) is 5.43. The van der Waals surface area contributed by atoms with Crippen LogP contribution in [0.1, 0.15) is 72.6 Å². The Bertz CT molecular complexity index is 328. The average molecular weight is 266 g/mol. The number of hydrogen-bond donors (Lipinski definition) is 1. The van der Waals surface area contributed by atoms with Crippen molar-refractivity contribution in [1.29, 1.82) is 0 Å². The molecule has 3 nitrogen and oxygen atoms in total. The maximum atomic E-state index is 12.7. The first-order valence-electron chi connectivity index (χ1n) is 7.89. The second-order valence-electron chi connectivity index (χ2n) is 7.64. The van der Waals surface area contributed by atoms with Crippen molar-refractivity contribution >= 4 is 5.91 Å². The van der Waals surface area contributed by atoms with Crippen molar-refractivity contribution in [3.05, 3.63) is 0 Å². The Hall–Kier alpha value is -0.570. The normalized spacial score (nSPS) is 28.8. The summed E-state index contributed by atoms with van der Waals surface area (Å²) >= 11 is 0. The van der Waals surface area contributed by atoms with E-state index in [9.17, 15) is 4.79 Å². The molecule has 1 heterocycles. The molecule has 1 aliphatic carbocycles. The van der Waals surface area contributed by atoms with Crippen LogP contribution in [0.25, 0.3) is 0 Å². The minimum absolute atomic E-state index is 0.0696. The van der Waals surface area contributed by atoms with Crippen LogP contribution in [0.4, 0.5) is 0 Å². The number of nitrogens with one attached hydrogen (secondary N) is 1. The zero-order valence-electron chi connectivity index (χ0n) is 13.1. The highest BCUT2D eigenvalue weighted by molar-refractivity contribution is 5.79. The van der Waals surface area contributed by atoms with Crippen molar-refractivity contribution in [3.8, 4) is 0 Å². The first kappa shape index (κ1) is 14.8. The summed E-state index contributed by atoms with van der Waals surface area (Å²) in [5, 5.41) is 3.56. The predicted octanol–water partition coefficient (Wildman–Crippen LogP) is 3.09. The van der Waals surface area contributed by atoms with Crippen molar-refractivity contribution in [2.75, 3.05) is 6.54 Å². The lowest BCUT2D eigenvalue weighted by molar-refractivity contribution is -0.139. The van der Waals surface area contributed by atoms with Crippen molar-refractivity contribution < 1.29 is 4.79 Å². The third-order valence-electron chi connectivity index (χ3n) is 4.70. The molecule has 0 radical (unpaired) electrons. The molecule has 0 bridgehead atoms. The Labute approximate surface area is 118 Å². The fraction of sp³-hybridized carbons (Fsp3) is 0.938. The van der Waals surface area contributed by atoms with Crippen molar-refractivity contribution in [1.82, 2.24) is 10.2 Å². The lowest BCUT2D eigenvalue weighted by Gasteiger charge is -2.42. The van der Waals surface area contributed by atoms with E-state index in [0.29, 0.717) is 18.4 Å². The highest BCUT2D eigenvalue weighted by Gasteiger charge is 2.41. The van der Waals surface area contributed by atoms with Gasteiger partial charge in [0.25, 0.3) is 0 Å². The third-order valence-corrected chi connectivity index (χ3v) is 4.70. The molecule has 0 spiro atoms. The fourth-order valence-corrected chi connectivity index (χ4v) is 3.62. The Morgan fingerprint density at radius 1 is 1.05 bits per heavy atom. The van der Waals surface area contributed by atoms with E-state index in [4.69, 9.17) is 0 Å². The van der Waals surface area contributed by atoms with E-state index in [-0.39, 0.29) is 11.1 Å². The molecule has 19 heavy (non-hydrogen) atoms. The minimum Gasteiger partial charge on any atom is -0.333 e. The van der Waals surface area contributed by atoms with Crippen LogP contribution < -0.4 is 5.32 Å². The zero-order chi connectivity index (χ0) is 14.1. The molecule has 1 N–H and O–H groups in total. The van der Waals surface area contributed by atoms with E-state index in [2.05, 4.69) is 37.9 Å². The van der Waals surface area contributed by atoms with Crippen LogP contribution in [0.2, 0.25) is 0 Å². The number of hydrogen-bond acceptors (Lipinski definition) is 2. The molecule has 1 aliphatic heterocycles. The van der Waals surface area contributed by atoms with Gasteiger partial charge in [-0.25, -0.2) is 0 Å². The van der Waals surface area contributed by atoms with Gasteiger partial charge in [-0.1, -0.05) is 25.7 Å². The third kappa shape index (κ3) is 3.50. The maximum Gasteiger partial charge on any atom is 0.225 e. The molecule has 2 fully saturated rings. The van der Waals surface area contributed by atoms with E-state index in [1.165, 1.54) is 38.5 Å². The van der Waals surface area contributed by atoms with Gasteiger partial charge in [0, 0.05) is 30.1 Å². The van der Waals surface area contributed by atoms with Gasteiger partial charge in [-0.15, -0.1) is 0 Å². The molecule has 2 aliphatic rings. The fourth-order valence-electron chi connectivity index (χ4n) is 3.62.